The molecular weight excluding hydrogens is 302 g/mol. The highest BCUT2D eigenvalue weighted by Gasteiger charge is 2.04. The normalized spacial score (nSPS) is 11.8. The van der Waals surface area contributed by atoms with E-state index in [1.165, 1.54) is 96.4 Å². The lowest BCUT2D eigenvalue weighted by atomic mass is 10.1. The number of hydrogen-bond acceptors (Lipinski definition) is 0. The van der Waals surface area contributed by atoms with E-state index in [0.717, 1.165) is 4.48 Å². The van der Waals surface area contributed by atoms with Crippen molar-refractivity contribution in [3.05, 3.63) is 12.2 Å². The van der Waals surface area contributed by atoms with Gasteiger partial charge < -0.3 is 16.9 Å². The zero-order valence-electron chi connectivity index (χ0n) is 16.6. The van der Waals surface area contributed by atoms with Crippen molar-refractivity contribution in [3.8, 4) is 0 Å². The lowest BCUT2D eigenvalue weighted by Gasteiger charge is -2.23. The first kappa shape index (κ1) is 25.2. The number of rotatable bonds is 16. The fraction of sp³-hybridized carbons (Fsp3) is 0.905. The Kier molecular flexibility index (Phi) is 20.1. The van der Waals surface area contributed by atoms with Crippen LogP contribution in [0, 0.1) is 0 Å². The molecule has 0 unspecified atom stereocenters. The van der Waals surface area contributed by atoms with E-state index in [4.69, 9.17) is 0 Å². The second kappa shape index (κ2) is 18.3. The molecule has 140 valence electrons. The summed E-state index contributed by atoms with van der Waals surface area (Å²) in [6, 6.07) is 0. The monoisotopic (exact) mass is 345 g/mol. The van der Waals surface area contributed by atoms with Crippen molar-refractivity contribution in [3.63, 3.8) is 0 Å². The van der Waals surface area contributed by atoms with Gasteiger partial charge in [-0.3, -0.25) is 0 Å². The summed E-state index contributed by atoms with van der Waals surface area (Å²) in [5.74, 6) is 0. The summed E-state index contributed by atoms with van der Waals surface area (Å²) in [4.78, 5) is 0. The largest absolute Gasteiger partial charge is 1.00 e. The molecule has 0 heterocycles. The Bertz CT molecular complexity index is 243. The Morgan fingerprint density at radius 3 is 1.39 bits per heavy atom. The van der Waals surface area contributed by atoms with Gasteiger partial charge in [0.15, 0.2) is 0 Å². The van der Waals surface area contributed by atoms with Gasteiger partial charge in [0.2, 0.25) is 0 Å². The maximum absolute atomic E-state index is 2.42. The van der Waals surface area contributed by atoms with Crippen LogP contribution in [-0.2, 0) is 0 Å². The molecule has 0 aliphatic rings. The number of allylic oxidation sites excluding steroid dienone is 2. The Labute approximate surface area is 153 Å². The molecule has 0 fully saturated rings. The van der Waals surface area contributed by atoms with Crippen LogP contribution >= 0.6 is 0 Å². The van der Waals surface area contributed by atoms with E-state index in [9.17, 15) is 0 Å². The smallest absolute Gasteiger partial charge is 0.0780 e. The summed E-state index contributed by atoms with van der Waals surface area (Å²) in [7, 11) is 6.87. The minimum atomic E-state index is 0. The van der Waals surface area contributed by atoms with Crippen LogP contribution in [0.5, 0.6) is 0 Å². The second-order valence-electron chi connectivity index (χ2n) is 7.95. The fourth-order valence-electron chi connectivity index (χ4n) is 2.83. The van der Waals surface area contributed by atoms with Crippen molar-refractivity contribution in [1.82, 2.24) is 0 Å². The van der Waals surface area contributed by atoms with Gasteiger partial charge in [-0.25, -0.2) is 0 Å². The quantitative estimate of drug-likeness (QED) is 0.227. The summed E-state index contributed by atoms with van der Waals surface area (Å²) in [5, 5.41) is 0. The molecule has 0 radical (unpaired) electrons. The summed E-state index contributed by atoms with van der Waals surface area (Å²) in [6.07, 6.45) is 24.4. The second-order valence-corrected chi connectivity index (χ2v) is 7.95. The van der Waals surface area contributed by atoms with Crippen molar-refractivity contribution < 1.29 is 16.9 Å². The fourth-order valence-corrected chi connectivity index (χ4v) is 2.83. The third-order valence-electron chi connectivity index (χ3n) is 4.34. The van der Waals surface area contributed by atoms with Crippen molar-refractivity contribution in [2.45, 2.75) is 96.8 Å². The molecule has 0 aliphatic heterocycles. The standard InChI is InChI=1S/C21H44N.ClH/c1-5-6-7-8-9-10-11-12-13-14-15-16-17-18-19-20-21-22(2,3)4;/h12-13H,5-11,14-21H2,1-4H3;1H/q+1;/p-1/b13-12+;. The van der Waals surface area contributed by atoms with Crippen molar-refractivity contribution in [1.29, 1.82) is 0 Å². The molecular formula is C21H44ClN. The van der Waals surface area contributed by atoms with Gasteiger partial charge in [0.1, 0.15) is 0 Å². The number of hydrogen-bond donors (Lipinski definition) is 0. The highest BCUT2D eigenvalue weighted by molar-refractivity contribution is 4.81. The van der Waals surface area contributed by atoms with Crippen molar-refractivity contribution in [2.24, 2.45) is 0 Å². The molecule has 0 aliphatic carbocycles. The molecule has 0 bridgehead atoms. The maximum Gasteiger partial charge on any atom is 0.0780 e. The first-order valence-electron chi connectivity index (χ1n) is 10.0. The van der Waals surface area contributed by atoms with E-state index < -0.39 is 0 Å². The minimum absolute atomic E-state index is 0. The Morgan fingerprint density at radius 1 is 0.565 bits per heavy atom. The van der Waals surface area contributed by atoms with Gasteiger partial charge in [-0.1, -0.05) is 70.4 Å². The van der Waals surface area contributed by atoms with E-state index in [1.807, 2.05) is 0 Å². The molecule has 0 aromatic rings. The SMILES string of the molecule is CCCCCCCC/C=C/CCCCCCCC[N+](C)(C)C.[Cl-]. The topological polar surface area (TPSA) is 0 Å². The number of quaternary nitrogens is 1. The molecule has 0 aromatic carbocycles. The Morgan fingerprint density at radius 2 is 0.957 bits per heavy atom. The molecule has 0 rings (SSSR count). The number of unbranched alkanes of at least 4 members (excludes halogenated alkanes) is 12. The van der Waals surface area contributed by atoms with Gasteiger partial charge >= 0.3 is 0 Å². The zero-order chi connectivity index (χ0) is 16.5. The van der Waals surface area contributed by atoms with Crippen LogP contribution in [0.3, 0.4) is 0 Å². The summed E-state index contributed by atoms with van der Waals surface area (Å²) < 4.78 is 1.11. The number of halogens is 1. The van der Waals surface area contributed by atoms with E-state index in [-0.39, 0.29) is 12.4 Å². The molecule has 0 amide bonds. The average molecular weight is 346 g/mol. The molecule has 0 aromatic heterocycles. The molecule has 0 atom stereocenters. The lowest BCUT2D eigenvalue weighted by molar-refractivity contribution is -0.870. The average Bonchev–Trinajstić information content (AvgIpc) is 2.45. The first-order chi connectivity index (χ1) is 10.6. The van der Waals surface area contributed by atoms with Gasteiger partial charge in [0.05, 0.1) is 27.7 Å². The van der Waals surface area contributed by atoms with Crippen LogP contribution in [0.2, 0.25) is 0 Å². The lowest BCUT2D eigenvalue weighted by Crippen LogP contribution is -3.00. The highest BCUT2D eigenvalue weighted by Crippen LogP contribution is 2.10. The van der Waals surface area contributed by atoms with Crippen LogP contribution in [0.25, 0.3) is 0 Å². The summed E-state index contributed by atoms with van der Waals surface area (Å²) >= 11 is 0. The van der Waals surface area contributed by atoms with Crippen LogP contribution in [-0.4, -0.2) is 32.2 Å². The van der Waals surface area contributed by atoms with Gasteiger partial charge in [-0.05, 0) is 38.5 Å². The zero-order valence-corrected chi connectivity index (χ0v) is 17.3. The van der Waals surface area contributed by atoms with Crippen LogP contribution in [0.4, 0.5) is 0 Å². The Balaban J connectivity index is 0. The van der Waals surface area contributed by atoms with Crippen LogP contribution in [0.15, 0.2) is 12.2 Å². The third kappa shape index (κ3) is 24.4. The molecule has 0 saturated heterocycles. The molecule has 2 heteroatoms. The van der Waals surface area contributed by atoms with Crippen molar-refractivity contribution in [2.75, 3.05) is 27.7 Å². The highest BCUT2D eigenvalue weighted by atomic mass is 35.5. The third-order valence-corrected chi connectivity index (χ3v) is 4.34. The molecule has 0 saturated carbocycles. The summed E-state index contributed by atoms with van der Waals surface area (Å²) in [6.45, 7) is 3.61. The predicted octanol–water partition coefficient (Wildman–Crippen LogP) is 3.73. The number of nitrogens with zero attached hydrogens (tertiary/aromatic N) is 1. The van der Waals surface area contributed by atoms with Crippen molar-refractivity contribution >= 4 is 0 Å². The molecule has 0 N–H and O–H groups in total. The summed E-state index contributed by atoms with van der Waals surface area (Å²) in [5.41, 5.74) is 0. The predicted molar refractivity (Wildman–Crippen MR) is 102 cm³/mol. The molecule has 0 spiro atoms. The van der Waals surface area contributed by atoms with E-state index in [2.05, 4.69) is 40.2 Å². The van der Waals surface area contributed by atoms with Gasteiger partial charge in [-0.15, -0.1) is 0 Å². The van der Waals surface area contributed by atoms with Crippen LogP contribution < -0.4 is 12.4 Å². The van der Waals surface area contributed by atoms with E-state index in [1.54, 1.807) is 0 Å². The Hall–Kier alpha value is -0.0100. The molecule has 23 heavy (non-hydrogen) atoms. The molecule has 1 nitrogen and oxygen atoms in total. The van der Waals surface area contributed by atoms with E-state index >= 15 is 0 Å². The van der Waals surface area contributed by atoms with Gasteiger partial charge in [-0.2, -0.15) is 0 Å². The van der Waals surface area contributed by atoms with Gasteiger partial charge in [0.25, 0.3) is 0 Å². The minimum Gasteiger partial charge on any atom is -1.00 e. The van der Waals surface area contributed by atoms with Crippen LogP contribution in [0.1, 0.15) is 96.8 Å². The van der Waals surface area contributed by atoms with Gasteiger partial charge in [0, 0.05) is 0 Å². The van der Waals surface area contributed by atoms with E-state index in [0.29, 0.717) is 0 Å². The first-order valence-corrected chi connectivity index (χ1v) is 10.0. The maximum atomic E-state index is 2.42.